The zero-order valence-electron chi connectivity index (χ0n) is 9.69. The highest BCUT2D eigenvalue weighted by Gasteiger charge is 2.17. The number of fused-ring (bicyclic) bond motifs is 1. The largest absolute Gasteiger partial charge is 0.355 e. The van der Waals surface area contributed by atoms with Gasteiger partial charge in [0.15, 0.2) is 0 Å². The van der Waals surface area contributed by atoms with E-state index in [0.29, 0.717) is 5.84 Å². The van der Waals surface area contributed by atoms with Gasteiger partial charge in [0.05, 0.1) is 5.52 Å². The maximum absolute atomic E-state index is 8.17. The molecule has 2 heterocycles. The number of amidine groups is 1. The number of aromatic nitrogens is 1. The molecule has 1 aliphatic heterocycles. The highest BCUT2D eigenvalue weighted by Crippen LogP contribution is 2.15. The minimum atomic E-state index is 0.563. The Hall–Kier alpha value is -1.90. The van der Waals surface area contributed by atoms with Crippen LogP contribution in [0.4, 0.5) is 0 Å². The Labute approximate surface area is 101 Å². The van der Waals surface area contributed by atoms with E-state index in [1.165, 1.54) is 12.8 Å². The number of pyridine rings is 1. The molecule has 1 aromatic heterocycles. The van der Waals surface area contributed by atoms with Crippen LogP contribution >= 0.6 is 0 Å². The van der Waals surface area contributed by atoms with Gasteiger partial charge >= 0.3 is 0 Å². The standard InChI is InChI=1S/C14H15N3/c15-14(17-9-3-4-10-17)13-8-7-11-5-1-2-6-12(11)16-13/h1-2,5-8,15H,3-4,9-10H2. The first-order valence-corrected chi connectivity index (χ1v) is 6.04. The average molecular weight is 225 g/mol. The van der Waals surface area contributed by atoms with Crippen molar-refractivity contribution in [2.75, 3.05) is 13.1 Å². The SMILES string of the molecule is N=C(c1ccc2ccccc2n1)N1CCCC1. The van der Waals surface area contributed by atoms with Gasteiger partial charge in [0.25, 0.3) is 0 Å². The summed E-state index contributed by atoms with van der Waals surface area (Å²) in [5.74, 6) is 0.563. The van der Waals surface area contributed by atoms with Crippen molar-refractivity contribution in [3.63, 3.8) is 0 Å². The normalized spacial score (nSPS) is 15.4. The summed E-state index contributed by atoms with van der Waals surface area (Å²) < 4.78 is 0. The van der Waals surface area contributed by atoms with Crippen LogP contribution in [0.1, 0.15) is 18.5 Å². The predicted octanol–water partition coefficient (Wildman–Crippen LogP) is 2.66. The van der Waals surface area contributed by atoms with E-state index in [4.69, 9.17) is 5.41 Å². The first kappa shape index (κ1) is 10.3. The summed E-state index contributed by atoms with van der Waals surface area (Å²) in [4.78, 5) is 6.66. The monoisotopic (exact) mass is 225 g/mol. The fraction of sp³-hybridized carbons (Fsp3) is 0.286. The van der Waals surface area contributed by atoms with E-state index < -0.39 is 0 Å². The van der Waals surface area contributed by atoms with Gasteiger partial charge in [-0.15, -0.1) is 0 Å². The van der Waals surface area contributed by atoms with Gasteiger partial charge in [0.1, 0.15) is 11.5 Å². The summed E-state index contributed by atoms with van der Waals surface area (Å²) in [7, 11) is 0. The fourth-order valence-corrected chi connectivity index (χ4v) is 2.30. The van der Waals surface area contributed by atoms with Gasteiger partial charge in [0.2, 0.25) is 0 Å². The summed E-state index contributed by atoms with van der Waals surface area (Å²) in [6, 6.07) is 12.0. The fourth-order valence-electron chi connectivity index (χ4n) is 2.30. The van der Waals surface area contributed by atoms with E-state index >= 15 is 0 Å². The quantitative estimate of drug-likeness (QED) is 0.598. The number of rotatable bonds is 1. The van der Waals surface area contributed by atoms with Crippen molar-refractivity contribution in [1.82, 2.24) is 9.88 Å². The van der Waals surface area contributed by atoms with Crippen molar-refractivity contribution in [2.45, 2.75) is 12.8 Å². The third kappa shape index (κ3) is 1.88. The molecule has 0 atom stereocenters. The number of hydrogen-bond acceptors (Lipinski definition) is 2. The van der Waals surface area contributed by atoms with Crippen molar-refractivity contribution in [2.24, 2.45) is 0 Å². The van der Waals surface area contributed by atoms with Crippen LogP contribution in [0.25, 0.3) is 10.9 Å². The van der Waals surface area contributed by atoms with Crippen LogP contribution in [0, 0.1) is 5.41 Å². The number of benzene rings is 1. The molecular weight excluding hydrogens is 210 g/mol. The van der Waals surface area contributed by atoms with Gasteiger partial charge in [-0.2, -0.15) is 0 Å². The van der Waals surface area contributed by atoms with Crippen molar-refractivity contribution >= 4 is 16.7 Å². The average Bonchev–Trinajstić information content (AvgIpc) is 2.91. The Kier molecular flexibility index (Phi) is 2.52. The number of nitrogens with zero attached hydrogens (tertiary/aromatic N) is 2. The molecule has 1 aliphatic rings. The number of likely N-dealkylation sites (tertiary alicyclic amines) is 1. The Bertz CT molecular complexity index is 556. The van der Waals surface area contributed by atoms with E-state index in [1.807, 2.05) is 36.4 Å². The van der Waals surface area contributed by atoms with Crippen molar-refractivity contribution in [1.29, 1.82) is 5.41 Å². The molecule has 17 heavy (non-hydrogen) atoms. The molecule has 0 saturated carbocycles. The summed E-state index contributed by atoms with van der Waals surface area (Å²) in [6.07, 6.45) is 2.38. The molecule has 0 bridgehead atoms. The molecule has 3 heteroatoms. The topological polar surface area (TPSA) is 40.0 Å². The first-order valence-electron chi connectivity index (χ1n) is 6.04. The van der Waals surface area contributed by atoms with E-state index in [1.54, 1.807) is 0 Å². The number of nitrogens with one attached hydrogen (secondary N) is 1. The molecule has 1 fully saturated rings. The van der Waals surface area contributed by atoms with Gasteiger partial charge in [-0.05, 0) is 25.0 Å². The molecule has 1 aromatic carbocycles. The Morgan fingerprint density at radius 1 is 1.06 bits per heavy atom. The molecule has 3 nitrogen and oxygen atoms in total. The Balaban J connectivity index is 1.97. The lowest BCUT2D eigenvalue weighted by Crippen LogP contribution is -2.28. The van der Waals surface area contributed by atoms with Gasteiger partial charge in [0, 0.05) is 18.5 Å². The van der Waals surface area contributed by atoms with Crippen LogP contribution < -0.4 is 0 Å². The van der Waals surface area contributed by atoms with Crippen LogP contribution in [0.15, 0.2) is 36.4 Å². The molecule has 0 spiro atoms. The highest BCUT2D eigenvalue weighted by atomic mass is 15.2. The second kappa shape index (κ2) is 4.17. The predicted molar refractivity (Wildman–Crippen MR) is 69.4 cm³/mol. The van der Waals surface area contributed by atoms with Crippen LogP contribution in [0.3, 0.4) is 0 Å². The van der Waals surface area contributed by atoms with E-state index in [-0.39, 0.29) is 0 Å². The molecule has 0 radical (unpaired) electrons. The van der Waals surface area contributed by atoms with Gasteiger partial charge < -0.3 is 4.90 Å². The van der Waals surface area contributed by atoms with Crippen molar-refractivity contribution in [3.8, 4) is 0 Å². The lowest BCUT2D eigenvalue weighted by molar-refractivity contribution is 0.515. The molecular formula is C14H15N3. The minimum Gasteiger partial charge on any atom is -0.355 e. The second-order valence-corrected chi connectivity index (χ2v) is 4.43. The summed E-state index contributed by atoms with van der Waals surface area (Å²) in [6.45, 7) is 1.99. The lowest BCUT2D eigenvalue weighted by atomic mass is 10.2. The molecule has 86 valence electrons. The van der Waals surface area contributed by atoms with E-state index in [0.717, 1.165) is 29.7 Å². The molecule has 1 saturated heterocycles. The zero-order chi connectivity index (χ0) is 11.7. The van der Waals surface area contributed by atoms with Gasteiger partial charge in [-0.3, -0.25) is 5.41 Å². The zero-order valence-corrected chi connectivity index (χ0v) is 9.69. The molecule has 3 rings (SSSR count). The van der Waals surface area contributed by atoms with Gasteiger partial charge in [-0.1, -0.05) is 24.3 Å². The second-order valence-electron chi connectivity index (χ2n) is 4.43. The van der Waals surface area contributed by atoms with Crippen LogP contribution in [0.2, 0.25) is 0 Å². The smallest absolute Gasteiger partial charge is 0.147 e. The minimum absolute atomic E-state index is 0.563. The van der Waals surface area contributed by atoms with Crippen molar-refractivity contribution < 1.29 is 0 Å². The van der Waals surface area contributed by atoms with Gasteiger partial charge in [-0.25, -0.2) is 4.98 Å². The molecule has 0 unspecified atom stereocenters. The van der Waals surface area contributed by atoms with Crippen molar-refractivity contribution in [3.05, 3.63) is 42.1 Å². The third-order valence-electron chi connectivity index (χ3n) is 3.26. The number of para-hydroxylation sites is 1. The Morgan fingerprint density at radius 3 is 2.65 bits per heavy atom. The maximum Gasteiger partial charge on any atom is 0.147 e. The molecule has 1 N–H and O–H groups in total. The first-order chi connectivity index (χ1) is 8.34. The molecule has 2 aromatic rings. The summed E-state index contributed by atoms with van der Waals surface area (Å²) >= 11 is 0. The maximum atomic E-state index is 8.17. The number of hydrogen-bond donors (Lipinski definition) is 1. The van der Waals surface area contributed by atoms with E-state index in [2.05, 4.69) is 9.88 Å². The molecule has 0 aliphatic carbocycles. The Morgan fingerprint density at radius 2 is 1.82 bits per heavy atom. The van der Waals surface area contributed by atoms with Crippen LogP contribution in [-0.2, 0) is 0 Å². The van der Waals surface area contributed by atoms with E-state index in [9.17, 15) is 0 Å². The highest BCUT2D eigenvalue weighted by molar-refractivity contribution is 5.96. The third-order valence-corrected chi connectivity index (χ3v) is 3.26. The van der Waals surface area contributed by atoms with Crippen LogP contribution in [-0.4, -0.2) is 28.8 Å². The van der Waals surface area contributed by atoms with Crippen LogP contribution in [0.5, 0.6) is 0 Å². The summed E-state index contributed by atoms with van der Waals surface area (Å²) in [5, 5.41) is 9.30. The summed E-state index contributed by atoms with van der Waals surface area (Å²) in [5.41, 5.74) is 1.75. The molecule has 0 amide bonds. The lowest BCUT2D eigenvalue weighted by Gasteiger charge is -2.17.